The molecule has 0 aliphatic heterocycles. The van der Waals surface area contributed by atoms with Gasteiger partial charge in [0.15, 0.2) is 0 Å². The predicted octanol–water partition coefficient (Wildman–Crippen LogP) is 0.108. The fourth-order valence-corrected chi connectivity index (χ4v) is 1.46. The second-order valence-electron chi connectivity index (χ2n) is 2.18. The number of nitrogens with two attached hydrogens (primary N) is 1. The van der Waals surface area contributed by atoms with Crippen molar-refractivity contribution < 1.29 is 13.2 Å². The van der Waals surface area contributed by atoms with Gasteiger partial charge in [-0.25, -0.2) is 8.42 Å². The minimum atomic E-state index is -3.83. The van der Waals surface area contributed by atoms with Crippen LogP contribution in [-0.4, -0.2) is 19.3 Å². The Morgan fingerprint density at radius 1 is 1.54 bits per heavy atom. The summed E-state index contributed by atoms with van der Waals surface area (Å²) in [4.78, 5) is 14.0. The lowest BCUT2D eigenvalue weighted by Crippen LogP contribution is -2.13. The summed E-state index contributed by atoms with van der Waals surface area (Å²) in [6.07, 6.45) is 1.15. The average molecular weight is 221 g/mol. The first-order chi connectivity index (χ1) is 5.91. The molecule has 0 radical (unpaired) electrons. The van der Waals surface area contributed by atoms with E-state index in [2.05, 4.69) is 4.98 Å². The maximum Gasteiger partial charge on any atom is 0.267 e. The van der Waals surface area contributed by atoms with Gasteiger partial charge in [0.05, 0.1) is 4.90 Å². The lowest BCUT2D eigenvalue weighted by Gasteiger charge is -1.96. The highest BCUT2D eigenvalue weighted by Gasteiger charge is 2.12. The van der Waals surface area contributed by atoms with Gasteiger partial charge in [-0.1, -0.05) is 0 Å². The third-order valence-corrected chi connectivity index (χ3v) is 2.62. The number of aromatic nitrogens is 1. The summed E-state index contributed by atoms with van der Waals surface area (Å²) < 4.78 is 21.6. The van der Waals surface area contributed by atoms with Gasteiger partial charge in [0, 0.05) is 16.9 Å². The van der Waals surface area contributed by atoms with Crippen LogP contribution in [0.5, 0.6) is 0 Å². The van der Waals surface area contributed by atoms with Crippen LogP contribution in [0, 0.1) is 0 Å². The van der Waals surface area contributed by atoms with Crippen LogP contribution >= 0.6 is 10.7 Å². The van der Waals surface area contributed by atoms with Gasteiger partial charge in [-0.2, -0.15) is 0 Å². The van der Waals surface area contributed by atoms with Gasteiger partial charge >= 0.3 is 0 Å². The molecule has 0 atom stereocenters. The topological polar surface area (TPSA) is 90.1 Å². The van der Waals surface area contributed by atoms with Crippen molar-refractivity contribution in [2.45, 2.75) is 4.90 Å². The first-order valence-corrected chi connectivity index (χ1v) is 5.43. The maximum absolute atomic E-state index is 10.8. The molecule has 0 bridgehead atoms. The van der Waals surface area contributed by atoms with Crippen molar-refractivity contribution in [3.63, 3.8) is 0 Å². The molecule has 1 amide bonds. The molecule has 1 rings (SSSR count). The van der Waals surface area contributed by atoms with Crippen LogP contribution in [0.4, 0.5) is 0 Å². The Balaban J connectivity index is 3.29. The van der Waals surface area contributed by atoms with E-state index in [0.717, 1.165) is 12.3 Å². The summed E-state index contributed by atoms with van der Waals surface area (Å²) in [5, 5.41) is 0. The Kier molecular flexibility index (Phi) is 2.53. The van der Waals surface area contributed by atoms with Crippen LogP contribution in [0.25, 0.3) is 0 Å². The third kappa shape index (κ3) is 2.40. The Morgan fingerprint density at radius 3 is 2.62 bits per heavy atom. The number of carbonyl (C=O) groups is 1. The number of hydrogen-bond acceptors (Lipinski definition) is 4. The van der Waals surface area contributed by atoms with Gasteiger partial charge in [0.1, 0.15) is 5.69 Å². The Morgan fingerprint density at radius 2 is 2.15 bits per heavy atom. The van der Waals surface area contributed by atoms with Gasteiger partial charge in [-0.15, -0.1) is 0 Å². The fraction of sp³-hybridized carbons (Fsp3) is 0. The van der Waals surface area contributed by atoms with Crippen molar-refractivity contribution in [1.82, 2.24) is 4.98 Å². The molecule has 1 heterocycles. The van der Waals surface area contributed by atoms with E-state index in [4.69, 9.17) is 16.4 Å². The molecule has 70 valence electrons. The zero-order chi connectivity index (χ0) is 10.1. The second kappa shape index (κ2) is 3.31. The molecule has 0 aromatic carbocycles. The molecule has 0 aliphatic rings. The number of nitrogens with zero attached hydrogens (tertiary/aromatic N) is 1. The van der Waals surface area contributed by atoms with E-state index in [1.165, 1.54) is 6.07 Å². The Labute approximate surface area is 78.9 Å². The van der Waals surface area contributed by atoms with E-state index in [1.807, 2.05) is 0 Å². The van der Waals surface area contributed by atoms with Crippen molar-refractivity contribution in [2.75, 3.05) is 0 Å². The van der Waals surface area contributed by atoms with E-state index in [1.54, 1.807) is 0 Å². The zero-order valence-electron chi connectivity index (χ0n) is 6.27. The average Bonchev–Trinajstić information content (AvgIpc) is 2.03. The van der Waals surface area contributed by atoms with Crippen molar-refractivity contribution >= 4 is 25.6 Å². The summed E-state index contributed by atoms with van der Waals surface area (Å²) >= 11 is 0. The second-order valence-corrected chi connectivity index (χ2v) is 4.74. The number of rotatable bonds is 2. The van der Waals surface area contributed by atoms with Crippen molar-refractivity contribution in [1.29, 1.82) is 0 Å². The SMILES string of the molecule is NC(=O)c1cc(S(=O)(=O)Cl)ccn1. The van der Waals surface area contributed by atoms with Gasteiger partial charge in [0.2, 0.25) is 0 Å². The number of primary amides is 1. The van der Waals surface area contributed by atoms with Crippen LogP contribution < -0.4 is 5.73 Å². The summed E-state index contributed by atoms with van der Waals surface area (Å²) in [5.41, 5.74) is 4.75. The van der Waals surface area contributed by atoms with Crippen molar-refractivity contribution in [3.8, 4) is 0 Å². The van der Waals surface area contributed by atoms with Crippen LogP contribution in [0.3, 0.4) is 0 Å². The molecule has 0 spiro atoms. The third-order valence-electron chi connectivity index (χ3n) is 1.27. The van der Waals surface area contributed by atoms with Gasteiger partial charge in [-0.3, -0.25) is 9.78 Å². The number of halogens is 1. The maximum atomic E-state index is 10.8. The first-order valence-electron chi connectivity index (χ1n) is 3.12. The molecule has 1 aromatic rings. The molecule has 0 saturated carbocycles. The summed E-state index contributed by atoms with van der Waals surface area (Å²) in [7, 11) is 1.19. The standard InChI is InChI=1S/C6H5ClN2O3S/c7-13(11,12)4-1-2-9-5(3-4)6(8)10/h1-3H,(H2,8,10). The molecular formula is C6H5ClN2O3S. The zero-order valence-corrected chi connectivity index (χ0v) is 7.84. The quantitative estimate of drug-likeness (QED) is 0.717. The van der Waals surface area contributed by atoms with E-state index < -0.39 is 15.0 Å². The number of amides is 1. The molecule has 1 aromatic heterocycles. The highest BCUT2D eigenvalue weighted by molar-refractivity contribution is 8.13. The minimum Gasteiger partial charge on any atom is -0.364 e. The van der Waals surface area contributed by atoms with Crippen LogP contribution in [-0.2, 0) is 9.05 Å². The summed E-state index contributed by atoms with van der Waals surface area (Å²) in [5.74, 6) is -0.804. The lowest BCUT2D eigenvalue weighted by atomic mass is 10.3. The minimum absolute atomic E-state index is 0.137. The lowest BCUT2D eigenvalue weighted by molar-refractivity contribution is 0.0995. The molecule has 5 nitrogen and oxygen atoms in total. The van der Waals surface area contributed by atoms with E-state index in [0.29, 0.717) is 0 Å². The number of pyridine rings is 1. The van der Waals surface area contributed by atoms with E-state index in [-0.39, 0.29) is 10.6 Å². The molecule has 0 saturated heterocycles. The largest absolute Gasteiger partial charge is 0.364 e. The molecule has 0 unspecified atom stereocenters. The van der Waals surface area contributed by atoms with Gasteiger partial charge in [-0.05, 0) is 12.1 Å². The van der Waals surface area contributed by atoms with Gasteiger partial charge < -0.3 is 5.73 Å². The van der Waals surface area contributed by atoms with E-state index >= 15 is 0 Å². The molecular weight excluding hydrogens is 216 g/mol. The number of hydrogen-bond donors (Lipinski definition) is 1. The van der Waals surface area contributed by atoms with Crippen LogP contribution in [0.2, 0.25) is 0 Å². The highest BCUT2D eigenvalue weighted by Crippen LogP contribution is 2.14. The highest BCUT2D eigenvalue weighted by atomic mass is 35.7. The molecule has 2 N–H and O–H groups in total. The monoisotopic (exact) mass is 220 g/mol. The first kappa shape index (κ1) is 9.94. The molecule has 0 aliphatic carbocycles. The summed E-state index contributed by atoms with van der Waals surface area (Å²) in [6, 6.07) is 2.19. The fourth-order valence-electron chi connectivity index (χ4n) is 0.698. The van der Waals surface area contributed by atoms with Crippen molar-refractivity contribution in [2.24, 2.45) is 5.73 Å². The summed E-state index contributed by atoms with van der Waals surface area (Å²) in [6.45, 7) is 0. The Bertz CT molecular complexity index is 443. The predicted molar refractivity (Wildman–Crippen MR) is 45.8 cm³/mol. The smallest absolute Gasteiger partial charge is 0.267 e. The van der Waals surface area contributed by atoms with Gasteiger partial charge in [0.25, 0.3) is 15.0 Å². The normalized spacial score (nSPS) is 11.2. The molecule has 0 fully saturated rings. The van der Waals surface area contributed by atoms with E-state index in [9.17, 15) is 13.2 Å². The number of carbonyl (C=O) groups excluding carboxylic acids is 1. The van der Waals surface area contributed by atoms with Crippen LogP contribution in [0.1, 0.15) is 10.5 Å². The molecule has 13 heavy (non-hydrogen) atoms. The van der Waals surface area contributed by atoms with Crippen molar-refractivity contribution in [3.05, 3.63) is 24.0 Å². The molecule has 7 heteroatoms. The van der Waals surface area contributed by atoms with Crippen LogP contribution in [0.15, 0.2) is 23.2 Å². The Hall–Kier alpha value is -1.14.